The summed E-state index contributed by atoms with van der Waals surface area (Å²) in [7, 11) is 1.58. The predicted octanol–water partition coefficient (Wildman–Crippen LogP) is 5.30. The lowest BCUT2D eigenvalue weighted by Gasteiger charge is -2.12. The van der Waals surface area contributed by atoms with Gasteiger partial charge in [0, 0.05) is 0 Å². The average molecular weight is 445 g/mol. The van der Waals surface area contributed by atoms with E-state index in [4.69, 9.17) is 4.74 Å². The summed E-state index contributed by atoms with van der Waals surface area (Å²) in [6, 6.07) is 21.3. The van der Waals surface area contributed by atoms with Crippen LogP contribution in [0, 0.1) is 0 Å². The third-order valence-corrected chi connectivity index (χ3v) is 5.91. The van der Waals surface area contributed by atoms with Crippen LogP contribution in [0.15, 0.2) is 77.7 Å². The van der Waals surface area contributed by atoms with E-state index >= 15 is 0 Å². The highest BCUT2D eigenvalue weighted by molar-refractivity contribution is 8.18. The molecule has 3 aromatic carbocycles. The molecule has 4 rings (SSSR count). The second-order valence-electron chi connectivity index (χ2n) is 7.13. The fraction of sp³-hybridized carbons (Fsp3) is 0.0800. The minimum atomic E-state index is -0.992. The van der Waals surface area contributed by atoms with Crippen LogP contribution in [0.25, 0.3) is 17.2 Å². The van der Waals surface area contributed by atoms with E-state index in [1.54, 1.807) is 37.5 Å². The molecular formula is C25H19NO5S. The first-order chi connectivity index (χ1) is 15.4. The number of ether oxygens (including phenoxy) is 1. The number of carboxylic acids is 1. The molecule has 0 radical (unpaired) electrons. The van der Waals surface area contributed by atoms with Crippen molar-refractivity contribution in [2.24, 2.45) is 0 Å². The number of nitrogens with zero attached hydrogens (tertiary/aromatic N) is 1. The average Bonchev–Trinajstić information content (AvgIpc) is 3.07. The van der Waals surface area contributed by atoms with Gasteiger partial charge < -0.3 is 9.84 Å². The summed E-state index contributed by atoms with van der Waals surface area (Å²) in [5.41, 5.74) is 3.35. The van der Waals surface area contributed by atoms with Gasteiger partial charge in [0.2, 0.25) is 0 Å². The Balaban J connectivity index is 1.56. The Morgan fingerprint density at radius 3 is 2.38 bits per heavy atom. The molecule has 32 heavy (non-hydrogen) atoms. The number of rotatable bonds is 6. The Morgan fingerprint density at radius 2 is 1.69 bits per heavy atom. The zero-order valence-electron chi connectivity index (χ0n) is 17.1. The summed E-state index contributed by atoms with van der Waals surface area (Å²) in [6.45, 7) is 0.189. The van der Waals surface area contributed by atoms with Crippen molar-refractivity contribution in [2.75, 3.05) is 7.11 Å². The van der Waals surface area contributed by atoms with Crippen molar-refractivity contribution in [1.29, 1.82) is 0 Å². The zero-order chi connectivity index (χ0) is 22.7. The van der Waals surface area contributed by atoms with Crippen molar-refractivity contribution in [1.82, 2.24) is 4.90 Å². The van der Waals surface area contributed by atoms with E-state index in [9.17, 15) is 19.5 Å². The van der Waals surface area contributed by atoms with E-state index in [1.165, 1.54) is 11.0 Å². The van der Waals surface area contributed by atoms with Crippen LogP contribution in [0.1, 0.15) is 21.5 Å². The number of benzene rings is 3. The van der Waals surface area contributed by atoms with Gasteiger partial charge >= 0.3 is 5.97 Å². The number of amides is 2. The summed E-state index contributed by atoms with van der Waals surface area (Å²) in [5, 5.41) is 8.90. The molecule has 1 fully saturated rings. The number of hydrogen-bond donors (Lipinski definition) is 1. The lowest BCUT2D eigenvalue weighted by atomic mass is 10.0. The van der Waals surface area contributed by atoms with Crippen molar-refractivity contribution in [3.8, 4) is 16.9 Å². The molecule has 0 aromatic heterocycles. The Hall–Kier alpha value is -3.84. The van der Waals surface area contributed by atoms with Crippen molar-refractivity contribution < 1.29 is 24.2 Å². The number of carbonyl (C=O) groups is 3. The molecule has 1 N–H and O–H groups in total. The lowest BCUT2D eigenvalue weighted by Crippen LogP contribution is -2.27. The SMILES string of the molecule is COc1ccc(CN2C(=O)SC(=Cc3cccc(-c4cccc(C(=O)O)c4)c3)C2=O)cc1. The molecule has 7 heteroatoms. The second-order valence-corrected chi connectivity index (χ2v) is 8.12. The normalized spacial score (nSPS) is 14.8. The van der Waals surface area contributed by atoms with E-state index in [2.05, 4.69) is 0 Å². The number of carboxylic acid groups (broad SMARTS) is 1. The molecule has 1 aliphatic rings. The number of thioether (sulfide) groups is 1. The maximum absolute atomic E-state index is 12.8. The first-order valence-electron chi connectivity index (χ1n) is 9.77. The van der Waals surface area contributed by atoms with Gasteiger partial charge in [0.25, 0.3) is 11.1 Å². The summed E-state index contributed by atoms with van der Waals surface area (Å²) < 4.78 is 5.13. The van der Waals surface area contributed by atoms with Crippen LogP contribution in [0.2, 0.25) is 0 Å². The minimum Gasteiger partial charge on any atom is -0.497 e. The van der Waals surface area contributed by atoms with Gasteiger partial charge in [-0.05, 0) is 70.4 Å². The molecule has 0 aliphatic carbocycles. The highest BCUT2D eigenvalue weighted by Gasteiger charge is 2.35. The molecule has 0 saturated carbocycles. The quantitative estimate of drug-likeness (QED) is 0.519. The van der Waals surface area contributed by atoms with E-state index in [0.29, 0.717) is 10.7 Å². The third-order valence-electron chi connectivity index (χ3n) is 5.00. The molecule has 6 nitrogen and oxygen atoms in total. The summed E-state index contributed by atoms with van der Waals surface area (Å²) >= 11 is 0.908. The van der Waals surface area contributed by atoms with Gasteiger partial charge in [-0.3, -0.25) is 14.5 Å². The van der Waals surface area contributed by atoms with Crippen LogP contribution in [-0.4, -0.2) is 34.2 Å². The van der Waals surface area contributed by atoms with Crippen molar-refractivity contribution in [2.45, 2.75) is 6.54 Å². The molecule has 0 spiro atoms. The number of carbonyl (C=O) groups excluding carboxylic acids is 2. The first-order valence-corrected chi connectivity index (χ1v) is 10.6. The zero-order valence-corrected chi connectivity index (χ0v) is 18.0. The van der Waals surface area contributed by atoms with Gasteiger partial charge in [-0.25, -0.2) is 4.79 Å². The number of methoxy groups -OCH3 is 1. The molecular weight excluding hydrogens is 426 g/mol. The third kappa shape index (κ3) is 4.58. The van der Waals surface area contributed by atoms with Gasteiger partial charge in [0.15, 0.2) is 0 Å². The maximum Gasteiger partial charge on any atom is 0.335 e. The Kier molecular flexibility index (Phi) is 6.09. The molecule has 1 heterocycles. The molecule has 2 amide bonds. The summed E-state index contributed by atoms with van der Waals surface area (Å²) in [4.78, 5) is 38.1. The molecule has 0 bridgehead atoms. The fourth-order valence-corrected chi connectivity index (χ4v) is 4.18. The Bertz CT molecular complexity index is 1230. The standard InChI is InChI=1S/C25H19NO5S/c1-31-21-10-8-16(9-11-21)15-26-23(27)22(32-25(26)30)13-17-4-2-5-18(12-17)19-6-3-7-20(14-19)24(28)29/h2-14H,15H2,1H3,(H,28,29). The molecule has 0 unspecified atom stereocenters. The van der Waals surface area contributed by atoms with Crippen LogP contribution in [0.5, 0.6) is 5.75 Å². The molecule has 0 atom stereocenters. The van der Waals surface area contributed by atoms with E-state index in [1.807, 2.05) is 42.5 Å². The van der Waals surface area contributed by atoms with Crippen molar-refractivity contribution >= 4 is 35.0 Å². The van der Waals surface area contributed by atoms with Gasteiger partial charge in [0.05, 0.1) is 24.1 Å². The van der Waals surface area contributed by atoms with E-state index < -0.39 is 5.97 Å². The molecule has 1 aliphatic heterocycles. The van der Waals surface area contributed by atoms with Crippen LogP contribution < -0.4 is 4.74 Å². The largest absolute Gasteiger partial charge is 0.497 e. The Morgan fingerprint density at radius 1 is 1.00 bits per heavy atom. The van der Waals surface area contributed by atoms with Gasteiger partial charge in [-0.1, -0.05) is 42.5 Å². The van der Waals surface area contributed by atoms with Crippen LogP contribution in [0.3, 0.4) is 0 Å². The monoisotopic (exact) mass is 445 g/mol. The molecule has 1 saturated heterocycles. The van der Waals surface area contributed by atoms with E-state index in [-0.39, 0.29) is 23.3 Å². The maximum atomic E-state index is 12.8. The fourth-order valence-electron chi connectivity index (χ4n) is 3.34. The van der Waals surface area contributed by atoms with Crippen LogP contribution in [-0.2, 0) is 11.3 Å². The second kappa shape index (κ2) is 9.11. The Labute approximate surface area is 189 Å². The topological polar surface area (TPSA) is 83.9 Å². The lowest BCUT2D eigenvalue weighted by molar-refractivity contribution is -0.123. The highest BCUT2D eigenvalue weighted by atomic mass is 32.2. The van der Waals surface area contributed by atoms with Gasteiger partial charge in [-0.2, -0.15) is 0 Å². The molecule has 3 aromatic rings. The van der Waals surface area contributed by atoms with Crippen LogP contribution >= 0.6 is 11.8 Å². The minimum absolute atomic E-state index is 0.189. The van der Waals surface area contributed by atoms with E-state index in [0.717, 1.165) is 34.0 Å². The smallest absolute Gasteiger partial charge is 0.335 e. The van der Waals surface area contributed by atoms with Gasteiger partial charge in [0.1, 0.15) is 5.75 Å². The highest BCUT2D eigenvalue weighted by Crippen LogP contribution is 2.34. The van der Waals surface area contributed by atoms with Crippen molar-refractivity contribution in [3.63, 3.8) is 0 Å². The predicted molar refractivity (Wildman–Crippen MR) is 123 cm³/mol. The van der Waals surface area contributed by atoms with Crippen LogP contribution in [0.4, 0.5) is 4.79 Å². The number of imide groups is 1. The summed E-state index contributed by atoms with van der Waals surface area (Å²) in [6.07, 6.45) is 1.68. The first kappa shape index (κ1) is 21.4. The molecule has 160 valence electrons. The summed E-state index contributed by atoms with van der Waals surface area (Å²) in [5.74, 6) is -0.626. The number of hydrogen-bond acceptors (Lipinski definition) is 5. The van der Waals surface area contributed by atoms with Crippen molar-refractivity contribution in [3.05, 3.63) is 94.4 Å². The number of aromatic carboxylic acids is 1. The van der Waals surface area contributed by atoms with Gasteiger partial charge in [-0.15, -0.1) is 0 Å².